The highest BCUT2D eigenvalue weighted by molar-refractivity contribution is 7.89. The van der Waals surface area contributed by atoms with Gasteiger partial charge >= 0.3 is 5.97 Å². The Morgan fingerprint density at radius 3 is 2.64 bits per heavy atom. The van der Waals surface area contributed by atoms with Gasteiger partial charge in [0.05, 0.1) is 29.8 Å². The molecule has 0 aliphatic carbocycles. The van der Waals surface area contributed by atoms with Crippen LogP contribution in [-0.2, 0) is 19.6 Å². The predicted molar refractivity (Wildman–Crippen MR) is 157 cm³/mol. The van der Waals surface area contributed by atoms with Crippen LogP contribution in [0.4, 0.5) is 13.2 Å². The molecule has 0 radical (unpaired) electrons. The third kappa shape index (κ3) is 6.25. The second-order valence-electron chi connectivity index (χ2n) is 12.0. The summed E-state index contributed by atoms with van der Waals surface area (Å²) in [5, 5.41) is 15.6. The van der Waals surface area contributed by atoms with Crippen molar-refractivity contribution in [3.8, 4) is 0 Å². The van der Waals surface area contributed by atoms with Crippen molar-refractivity contribution in [1.29, 1.82) is 0 Å². The molecule has 238 valence electrons. The predicted octanol–water partition coefficient (Wildman–Crippen LogP) is 2.52. The third-order valence-electron chi connectivity index (χ3n) is 8.23. The molecule has 1 aromatic carbocycles. The van der Waals surface area contributed by atoms with Crippen molar-refractivity contribution < 1.29 is 36.3 Å². The van der Waals surface area contributed by atoms with Crippen molar-refractivity contribution in [2.24, 2.45) is 10.4 Å². The first-order chi connectivity index (χ1) is 20.5. The SMILES string of the molecule is Cc1c(F)cccc1[C@@H]1N=C(c2nccs2)NC(CN2CC(F)(F)[C@H]3[C@@H]2CCN3CC(C)(C)C(=O)NS(C)(=O)=O)=C1C(=O)O. The van der Waals surface area contributed by atoms with E-state index in [4.69, 9.17) is 0 Å². The summed E-state index contributed by atoms with van der Waals surface area (Å²) in [7, 11) is -3.84. The molecule has 2 aromatic rings. The lowest BCUT2D eigenvalue weighted by atomic mass is 9.91. The van der Waals surface area contributed by atoms with Crippen molar-refractivity contribution in [2.75, 3.05) is 32.4 Å². The van der Waals surface area contributed by atoms with Crippen LogP contribution in [0.25, 0.3) is 0 Å². The van der Waals surface area contributed by atoms with Gasteiger partial charge in [0, 0.05) is 43.0 Å². The van der Waals surface area contributed by atoms with Gasteiger partial charge in [0.2, 0.25) is 15.9 Å². The number of hydrogen-bond acceptors (Lipinski definition) is 10. The topological polar surface area (TPSA) is 144 Å². The summed E-state index contributed by atoms with van der Waals surface area (Å²) in [5.74, 6) is -5.61. The Kier molecular flexibility index (Phi) is 8.41. The number of carbonyl (C=O) groups is 2. The zero-order chi connectivity index (χ0) is 32.2. The number of aliphatic imine (C=N–C) groups is 1. The maximum atomic E-state index is 15.7. The molecule has 2 saturated heterocycles. The van der Waals surface area contributed by atoms with Crippen LogP contribution in [0.5, 0.6) is 0 Å². The first kappa shape index (κ1) is 32.1. The van der Waals surface area contributed by atoms with Crippen LogP contribution in [0.1, 0.15) is 42.4 Å². The summed E-state index contributed by atoms with van der Waals surface area (Å²) in [6.07, 6.45) is 2.72. The maximum Gasteiger partial charge on any atom is 0.335 e. The molecule has 11 nitrogen and oxygen atoms in total. The lowest BCUT2D eigenvalue weighted by molar-refractivity contribution is -0.133. The standard InChI is InChI=1S/C28H33F3N6O5S2/c1-15-16(6-5-7-17(15)29)21-20(25(38)39)18(33-23(34-21)24-32-9-11-43-24)12-37-14-28(30,31)22-19(37)8-10-36(22)13-27(2,3)26(40)35-44(4,41)42/h5-7,9,11,19,21-22H,8,10,12-14H2,1-4H3,(H,33,34)(H,35,40)(H,38,39)/t19-,21-,22+/m0/s1. The van der Waals surface area contributed by atoms with E-state index in [9.17, 15) is 27.5 Å². The zero-order valence-corrected chi connectivity index (χ0v) is 26.1. The van der Waals surface area contributed by atoms with Gasteiger partial charge in [-0.15, -0.1) is 11.3 Å². The number of alkyl halides is 2. The maximum absolute atomic E-state index is 15.7. The Morgan fingerprint density at radius 1 is 1.27 bits per heavy atom. The van der Waals surface area contributed by atoms with E-state index in [0.29, 0.717) is 17.0 Å². The van der Waals surface area contributed by atoms with Gasteiger partial charge in [0.1, 0.15) is 11.9 Å². The molecule has 0 saturated carbocycles. The third-order valence-corrected chi connectivity index (χ3v) is 9.57. The molecule has 44 heavy (non-hydrogen) atoms. The van der Waals surface area contributed by atoms with Crippen LogP contribution >= 0.6 is 11.3 Å². The van der Waals surface area contributed by atoms with Crippen molar-refractivity contribution >= 4 is 39.1 Å². The van der Waals surface area contributed by atoms with E-state index in [-0.39, 0.29) is 42.3 Å². The fraction of sp³-hybridized carbons (Fsp3) is 0.500. The fourth-order valence-electron chi connectivity index (χ4n) is 6.26. The Hall–Kier alpha value is -3.34. The summed E-state index contributed by atoms with van der Waals surface area (Å²) in [4.78, 5) is 37.3. The Bertz CT molecular complexity index is 1640. The van der Waals surface area contributed by atoms with E-state index >= 15 is 8.78 Å². The molecule has 3 N–H and O–H groups in total. The number of benzene rings is 1. The normalized spacial score (nSPS) is 24.2. The highest BCUT2D eigenvalue weighted by Crippen LogP contribution is 2.43. The summed E-state index contributed by atoms with van der Waals surface area (Å²) >= 11 is 1.26. The first-order valence-electron chi connectivity index (χ1n) is 13.8. The smallest absolute Gasteiger partial charge is 0.335 e. The minimum atomic E-state index is -3.84. The molecule has 0 bridgehead atoms. The van der Waals surface area contributed by atoms with Crippen LogP contribution in [0.2, 0.25) is 0 Å². The summed E-state index contributed by atoms with van der Waals surface area (Å²) < 4.78 is 71.1. The molecule has 1 amide bonds. The molecule has 4 heterocycles. The van der Waals surface area contributed by atoms with E-state index in [1.165, 1.54) is 54.0 Å². The van der Waals surface area contributed by atoms with E-state index in [1.807, 2.05) is 4.72 Å². The number of halogens is 3. The molecule has 3 aliphatic rings. The van der Waals surface area contributed by atoms with Crippen molar-refractivity contribution in [2.45, 2.75) is 51.2 Å². The quantitative estimate of drug-likeness (QED) is 0.372. The van der Waals surface area contributed by atoms with Gasteiger partial charge in [-0.25, -0.2) is 31.4 Å². The van der Waals surface area contributed by atoms with E-state index in [2.05, 4.69) is 15.3 Å². The number of nitrogens with zero attached hydrogens (tertiary/aromatic N) is 4. The highest BCUT2D eigenvalue weighted by Gasteiger charge is 2.60. The highest BCUT2D eigenvalue weighted by atomic mass is 32.2. The second-order valence-corrected chi connectivity index (χ2v) is 14.7. The van der Waals surface area contributed by atoms with Gasteiger partial charge < -0.3 is 10.4 Å². The lowest BCUT2D eigenvalue weighted by Crippen LogP contribution is -2.52. The van der Waals surface area contributed by atoms with Crippen molar-refractivity contribution in [3.05, 3.63) is 63.0 Å². The van der Waals surface area contributed by atoms with Crippen molar-refractivity contribution in [3.63, 3.8) is 0 Å². The Labute approximate surface area is 256 Å². The number of amides is 1. The van der Waals surface area contributed by atoms with E-state index in [0.717, 1.165) is 6.26 Å². The molecular formula is C28H33F3N6O5S2. The second kappa shape index (κ2) is 11.5. The number of aliphatic carboxylic acids is 1. The molecule has 2 fully saturated rings. The number of sulfonamides is 1. The van der Waals surface area contributed by atoms with Crippen LogP contribution in [0.3, 0.4) is 0 Å². The van der Waals surface area contributed by atoms with Gasteiger partial charge in [0.15, 0.2) is 10.8 Å². The molecule has 5 rings (SSSR count). The number of carboxylic acid groups (broad SMARTS) is 1. The number of likely N-dealkylation sites (tertiary alicyclic amines) is 2. The minimum absolute atomic E-state index is 0.109. The monoisotopic (exact) mass is 654 g/mol. The van der Waals surface area contributed by atoms with Crippen molar-refractivity contribution in [1.82, 2.24) is 24.8 Å². The number of carboxylic acids is 1. The number of thiazole rings is 1. The number of nitrogens with one attached hydrogen (secondary N) is 2. The van der Waals surface area contributed by atoms with Crippen LogP contribution < -0.4 is 10.0 Å². The van der Waals surface area contributed by atoms with Gasteiger partial charge in [-0.2, -0.15) is 0 Å². The van der Waals surface area contributed by atoms with E-state index in [1.54, 1.807) is 17.6 Å². The largest absolute Gasteiger partial charge is 0.478 e. The van der Waals surface area contributed by atoms with E-state index < -0.39 is 63.7 Å². The average molecular weight is 655 g/mol. The fourth-order valence-corrected chi connectivity index (χ4v) is 7.46. The van der Waals surface area contributed by atoms with Gasteiger partial charge in [-0.1, -0.05) is 12.1 Å². The van der Waals surface area contributed by atoms with Crippen LogP contribution in [0.15, 0.2) is 46.0 Å². The van der Waals surface area contributed by atoms with Crippen LogP contribution in [0, 0.1) is 18.2 Å². The molecular weight excluding hydrogens is 621 g/mol. The lowest BCUT2D eigenvalue weighted by Gasteiger charge is -2.34. The number of rotatable bonds is 9. The van der Waals surface area contributed by atoms with Gasteiger partial charge in [0.25, 0.3) is 5.92 Å². The first-order valence-corrected chi connectivity index (χ1v) is 16.6. The molecule has 16 heteroatoms. The molecule has 1 aromatic heterocycles. The molecule has 0 spiro atoms. The summed E-state index contributed by atoms with van der Waals surface area (Å²) in [5.41, 5.74) is -0.767. The number of amidine groups is 1. The summed E-state index contributed by atoms with van der Waals surface area (Å²) in [6, 6.07) is 1.24. The Balaban J connectivity index is 1.47. The average Bonchev–Trinajstić information content (AvgIpc) is 3.63. The zero-order valence-electron chi connectivity index (χ0n) is 24.5. The number of carbonyl (C=O) groups excluding carboxylic acids is 1. The number of hydrogen-bond donors (Lipinski definition) is 3. The summed E-state index contributed by atoms with van der Waals surface area (Å²) in [6.45, 7) is 3.79. The van der Waals surface area contributed by atoms with Crippen LogP contribution in [-0.4, -0.2) is 96.5 Å². The number of aromatic nitrogens is 1. The number of fused-ring (bicyclic) bond motifs is 1. The van der Waals surface area contributed by atoms with Gasteiger partial charge in [-0.05, 0) is 44.4 Å². The molecule has 3 aliphatic heterocycles. The minimum Gasteiger partial charge on any atom is -0.478 e. The van der Waals surface area contributed by atoms with Gasteiger partial charge in [-0.3, -0.25) is 24.3 Å². The Morgan fingerprint density at radius 2 is 2.00 bits per heavy atom. The molecule has 0 unspecified atom stereocenters. The molecule has 3 atom stereocenters.